The van der Waals surface area contributed by atoms with E-state index >= 15 is 0 Å². The van der Waals surface area contributed by atoms with Crippen LogP contribution in [0, 0.1) is 0 Å². The van der Waals surface area contributed by atoms with Gasteiger partial charge in [-0.3, -0.25) is 4.98 Å². The molecule has 1 N–H and O–H groups in total. The largest absolute Gasteiger partial charge is 0.312 e. The Hall–Kier alpha value is -0.780. The summed E-state index contributed by atoms with van der Waals surface area (Å²) in [6.07, 6.45) is 4.70. The maximum Gasteiger partial charge on any atom is 0.0944 e. The molecule has 0 bridgehead atoms. The number of rotatable bonds is 4. The lowest BCUT2D eigenvalue weighted by Crippen LogP contribution is -2.17. The van der Waals surface area contributed by atoms with E-state index in [-0.39, 0.29) is 0 Å². The van der Waals surface area contributed by atoms with E-state index in [4.69, 9.17) is 0 Å². The second-order valence-corrected chi connectivity index (χ2v) is 4.77. The Labute approximate surface area is 90.9 Å². The number of hydrogen-bond donors (Lipinski definition) is 1. The fourth-order valence-corrected chi connectivity index (χ4v) is 2.67. The first-order chi connectivity index (χ1) is 6.90. The summed E-state index contributed by atoms with van der Waals surface area (Å²) in [6, 6.07) is 0.341. The minimum Gasteiger partial charge on any atom is -0.312 e. The number of likely N-dealkylation sites (N-methyl/N-ethyl adjacent to an activating group) is 1. The van der Waals surface area contributed by atoms with Gasteiger partial charge in [0.1, 0.15) is 0 Å². The van der Waals surface area contributed by atoms with Gasteiger partial charge in [-0.25, -0.2) is 4.98 Å². The molecule has 74 valence electrons. The molecule has 1 atom stereocenters. The van der Waals surface area contributed by atoms with E-state index < -0.39 is 0 Å². The Morgan fingerprint density at radius 1 is 1.50 bits per heavy atom. The quantitative estimate of drug-likeness (QED) is 0.866. The molecule has 0 aliphatic heterocycles. The second kappa shape index (κ2) is 4.63. The molecule has 2 aromatic heterocycles. The zero-order valence-electron chi connectivity index (χ0n) is 7.80. The number of nitrogens with one attached hydrogen (secondary N) is 1. The highest BCUT2D eigenvalue weighted by molar-refractivity contribution is 7.10. The van der Waals surface area contributed by atoms with Crippen LogP contribution in [0.1, 0.15) is 15.9 Å². The molecule has 2 aromatic rings. The molecular formula is C9H11N3S2. The average Bonchev–Trinajstić information content (AvgIpc) is 2.86. The fourth-order valence-electron chi connectivity index (χ4n) is 1.27. The van der Waals surface area contributed by atoms with Gasteiger partial charge in [0.2, 0.25) is 0 Å². The second-order valence-electron chi connectivity index (χ2n) is 2.88. The molecule has 3 nitrogen and oxygen atoms in total. The monoisotopic (exact) mass is 225 g/mol. The number of hydrogen-bond acceptors (Lipinski definition) is 5. The van der Waals surface area contributed by atoms with E-state index in [1.807, 2.05) is 30.3 Å². The van der Waals surface area contributed by atoms with Gasteiger partial charge in [0.05, 0.1) is 10.5 Å². The van der Waals surface area contributed by atoms with Gasteiger partial charge in [-0.05, 0) is 7.05 Å². The summed E-state index contributed by atoms with van der Waals surface area (Å²) >= 11 is 3.38. The maximum atomic E-state index is 4.28. The Balaban J connectivity index is 2.08. The SMILES string of the molecule is CNC(Cc1nccs1)c1cncs1. The Morgan fingerprint density at radius 3 is 3.00 bits per heavy atom. The molecule has 0 radical (unpaired) electrons. The van der Waals surface area contributed by atoms with Gasteiger partial charge in [0.25, 0.3) is 0 Å². The lowest BCUT2D eigenvalue weighted by Gasteiger charge is -2.11. The van der Waals surface area contributed by atoms with Crippen LogP contribution in [0.15, 0.2) is 23.3 Å². The van der Waals surface area contributed by atoms with Crippen molar-refractivity contribution in [2.45, 2.75) is 12.5 Å². The van der Waals surface area contributed by atoms with Crippen molar-refractivity contribution in [1.29, 1.82) is 0 Å². The van der Waals surface area contributed by atoms with E-state index in [0.717, 1.165) is 11.4 Å². The van der Waals surface area contributed by atoms with Crippen molar-refractivity contribution in [2.75, 3.05) is 7.05 Å². The summed E-state index contributed by atoms with van der Waals surface area (Å²) in [7, 11) is 1.97. The standard InChI is InChI=1S/C9H11N3S2/c1-10-7(8-5-11-6-14-8)4-9-12-2-3-13-9/h2-3,5-7,10H,4H2,1H3. The van der Waals surface area contributed by atoms with Crippen molar-refractivity contribution in [3.63, 3.8) is 0 Å². The average molecular weight is 225 g/mol. The number of nitrogens with zero attached hydrogens (tertiary/aromatic N) is 2. The van der Waals surface area contributed by atoms with E-state index in [9.17, 15) is 0 Å². The highest BCUT2D eigenvalue weighted by Crippen LogP contribution is 2.21. The smallest absolute Gasteiger partial charge is 0.0944 e. The minimum atomic E-state index is 0.341. The van der Waals surface area contributed by atoms with Crippen LogP contribution in [0.3, 0.4) is 0 Å². The van der Waals surface area contributed by atoms with E-state index in [1.54, 1.807) is 22.7 Å². The third-order valence-electron chi connectivity index (χ3n) is 2.01. The molecule has 0 saturated heterocycles. The molecule has 0 aromatic carbocycles. The van der Waals surface area contributed by atoms with Crippen LogP contribution in [0.25, 0.3) is 0 Å². The summed E-state index contributed by atoms with van der Waals surface area (Å²) in [4.78, 5) is 9.62. The summed E-state index contributed by atoms with van der Waals surface area (Å²) in [6.45, 7) is 0. The Bertz CT molecular complexity index is 355. The maximum absolute atomic E-state index is 4.28. The zero-order valence-corrected chi connectivity index (χ0v) is 9.44. The Morgan fingerprint density at radius 2 is 2.43 bits per heavy atom. The summed E-state index contributed by atoms with van der Waals surface area (Å²) < 4.78 is 0. The molecule has 2 rings (SSSR count). The topological polar surface area (TPSA) is 37.8 Å². The summed E-state index contributed by atoms with van der Waals surface area (Å²) in [5, 5.41) is 6.45. The predicted octanol–water partition coefficient (Wildman–Crippen LogP) is 2.10. The summed E-state index contributed by atoms with van der Waals surface area (Å²) in [5.41, 5.74) is 1.86. The number of thiazole rings is 2. The molecule has 0 aliphatic rings. The van der Waals surface area contributed by atoms with Gasteiger partial charge in [0, 0.05) is 35.1 Å². The molecule has 1 unspecified atom stereocenters. The zero-order chi connectivity index (χ0) is 9.80. The van der Waals surface area contributed by atoms with Gasteiger partial charge >= 0.3 is 0 Å². The van der Waals surface area contributed by atoms with E-state index in [0.29, 0.717) is 6.04 Å². The van der Waals surface area contributed by atoms with Gasteiger partial charge in [-0.2, -0.15) is 0 Å². The third-order valence-corrected chi connectivity index (χ3v) is 3.70. The molecule has 0 spiro atoms. The van der Waals surface area contributed by atoms with Crippen LogP contribution in [-0.4, -0.2) is 17.0 Å². The highest BCUT2D eigenvalue weighted by Gasteiger charge is 2.12. The molecule has 0 amide bonds. The lowest BCUT2D eigenvalue weighted by atomic mass is 10.2. The van der Waals surface area contributed by atoms with E-state index in [1.165, 1.54) is 4.88 Å². The van der Waals surface area contributed by atoms with Gasteiger partial charge in [0.15, 0.2) is 0 Å². The molecule has 2 heterocycles. The normalized spacial score (nSPS) is 12.9. The van der Waals surface area contributed by atoms with Crippen molar-refractivity contribution in [3.05, 3.63) is 33.2 Å². The van der Waals surface area contributed by atoms with Gasteiger partial charge in [-0.1, -0.05) is 0 Å². The fraction of sp³-hybridized carbons (Fsp3) is 0.333. The van der Waals surface area contributed by atoms with Crippen LogP contribution < -0.4 is 5.32 Å². The lowest BCUT2D eigenvalue weighted by molar-refractivity contribution is 0.599. The third kappa shape index (κ3) is 2.17. The van der Waals surface area contributed by atoms with E-state index in [2.05, 4.69) is 15.3 Å². The van der Waals surface area contributed by atoms with Crippen molar-refractivity contribution in [1.82, 2.24) is 15.3 Å². The van der Waals surface area contributed by atoms with Gasteiger partial charge < -0.3 is 5.32 Å². The van der Waals surface area contributed by atoms with Gasteiger partial charge in [-0.15, -0.1) is 22.7 Å². The molecule has 5 heteroatoms. The van der Waals surface area contributed by atoms with Crippen LogP contribution in [0.2, 0.25) is 0 Å². The first kappa shape index (κ1) is 9.76. The van der Waals surface area contributed by atoms with Crippen molar-refractivity contribution >= 4 is 22.7 Å². The Kier molecular flexibility index (Phi) is 3.23. The molecule has 14 heavy (non-hydrogen) atoms. The van der Waals surface area contributed by atoms with Crippen LogP contribution >= 0.6 is 22.7 Å². The minimum absolute atomic E-state index is 0.341. The first-order valence-electron chi connectivity index (χ1n) is 4.34. The van der Waals surface area contributed by atoms with Crippen LogP contribution in [-0.2, 0) is 6.42 Å². The molecule has 0 fully saturated rings. The van der Waals surface area contributed by atoms with Crippen molar-refractivity contribution in [3.8, 4) is 0 Å². The predicted molar refractivity (Wildman–Crippen MR) is 59.7 cm³/mol. The summed E-state index contributed by atoms with van der Waals surface area (Å²) in [5.74, 6) is 0. The van der Waals surface area contributed by atoms with Crippen molar-refractivity contribution < 1.29 is 0 Å². The van der Waals surface area contributed by atoms with Crippen molar-refractivity contribution in [2.24, 2.45) is 0 Å². The van der Waals surface area contributed by atoms with Crippen LogP contribution in [0.5, 0.6) is 0 Å². The molecule has 0 saturated carbocycles. The first-order valence-corrected chi connectivity index (χ1v) is 6.10. The molecule has 0 aliphatic carbocycles. The van der Waals surface area contributed by atoms with Crippen LogP contribution in [0.4, 0.5) is 0 Å². The molecular weight excluding hydrogens is 214 g/mol. The highest BCUT2D eigenvalue weighted by atomic mass is 32.1. The number of aromatic nitrogens is 2.